The maximum Gasteiger partial charge on any atom is 0.0718 e. The van der Waals surface area contributed by atoms with Crippen LogP contribution in [-0.4, -0.2) is 73.5 Å². The molecule has 2 saturated heterocycles. The number of hydrogen-bond acceptors (Lipinski definition) is 4. The summed E-state index contributed by atoms with van der Waals surface area (Å²) in [5.41, 5.74) is 0. The van der Waals surface area contributed by atoms with Gasteiger partial charge >= 0.3 is 0 Å². The van der Waals surface area contributed by atoms with Gasteiger partial charge in [-0.25, -0.2) is 0 Å². The molecule has 3 atom stereocenters. The zero-order chi connectivity index (χ0) is 11.5. The molecule has 0 spiro atoms. The van der Waals surface area contributed by atoms with Crippen molar-refractivity contribution in [2.45, 2.75) is 25.5 Å². The minimum atomic E-state index is -0.210. The molecule has 3 unspecified atom stereocenters. The number of nitrogens with zero attached hydrogens (tertiary/aromatic N) is 2. The van der Waals surface area contributed by atoms with Gasteiger partial charge in [0.05, 0.1) is 12.7 Å². The molecule has 2 heterocycles. The molecule has 4 nitrogen and oxygen atoms in total. The van der Waals surface area contributed by atoms with Gasteiger partial charge in [-0.1, -0.05) is 0 Å². The molecule has 0 saturated carbocycles. The van der Waals surface area contributed by atoms with Gasteiger partial charge in [-0.15, -0.1) is 0 Å². The molecule has 2 aliphatic rings. The maximum absolute atomic E-state index is 10.1. The van der Waals surface area contributed by atoms with Gasteiger partial charge in [0.25, 0.3) is 0 Å². The third-order valence-electron chi connectivity index (χ3n) is 4.00. The van der Waals surface area contributed by atoms with Crippen LogP contribution in [0.2, 0.25) is 0 Å². The van der Waals surface area contributed by atoms with Crippen molar-refractivity contribution in [1.82, 2.24) is 9.80 Å². The Morgan fingerprint density at radius 1 is 1.44 bits per heavy atom. The Morgan fingerprint density at radius 3 is 2.88 bits per heavy atom. The van der Waals surface area contributed by atoms with Crippen LogP contribution in [0, 0.1) is 5.92 Å². The second kappa shape index (κ2) is 5.45. The van der Waals surface area contributed by atoms with E-state index in [4.69, 9.17) is 4.74 Å². The number of piperazine rings is 1. The summed E-state index contributed by atoms with van der Waals surface area (Å²) in [7, 11) is 2.17. The molecule has 94 valence electrons. The lowest BCUT2D eigenvalue weighted by atomic mass is 10.0. The van der Waals surface area contributed by atoms with Gasteiger partial charge in [0.15, 0.2) is 0 Å². The normalized spacial score (nSPS) is 35.4. The molecule has 16 heavy (non-hydrogen) atoms. The van der Waals surface area contributed by atoms with Gasteiger partial charge in [-0.2, -0.15) is 0 Å². The first kappa shape index (κ1) is 12.3. The summed E-state index contributed by atoms with van der Waals surface area (Å²) < 4.78 is 5.32. The zero-order valence-corrected chi connectivity index (χ0v) is 10.4. The summed E-state index contributed by atoms with van der Waals surface area (Å²) in [5.74, 6) is 0.356. The van der Waals surface area contributed by atoms with Crippen molar-refractivity contribution in [3.05, 3.63) is 0 Å². The summed E-state index contributed by atoms with van der Waals surface area (Å²) in [4.78, 5) is 4.76. The SMILES string of the molecule is CC1CN(CC(O)C2CCOC2)CCN1C. The number of rotatable bonds is 3. The number of aliphatic hydroxyl groups excluding tert-OH is 1. The number of aliphatic hydroxyl groups is 1. The van der Waals surface area contributed by atoms with Crippen molar-refractivity contribution in [3.8, 4) is 0 Å². The number of hydrogen-bond donors (Lipinski definition) is 1. The fraction of sp³-hybridized carbons (Fsp3) is 1.00. The predicted molar refractivity (Wildman–Crippen MR) is 63.5 cm³/mol. The Kier molecular flexibility index (Phi) is 4.19. The quantitative estimate of drug-likeness (QED) is 0.739. The lowest BCUT2D eigenvalue weighted by Crippen LogP contribution is -2.52. The molecule has 0 bridgehead atoms. The van der Waals surface area contributed by atoms with Crippen molar-refractivity contribution in [2.24, 2.45) is 5.92 Å². The van der Waals surface area contributed by atoms with E-state index < -0.39 is 0 Å². The maximum atomic E-state index is 10.1. The van der Waals surface area contributed by atoms with E-state index in [0.29, 0.717) is 12.0 Å². The van der Waals surface area contributed by atoms with Gasteiger partial charge in [-0.05, 0) is 20.4 Å². The Bertz CT molecular complexity index is 219. The molecule has 2 aliphatic heterocycles. The van der Waals surface area contributed by atoms with Gasteiger partial charge in [0.2, 0.25) is 0 Å². The van der Waals surface area contributed by atoms with Crippen LogP contribution in [-0.2, 0) is 4.74 Å². The van der Waals surface area contributed by atoms with Crippen LogP contribution in [0.1, 0.15) is 13.3 Å². The summed E-state index contributed by atoms with van der Waals surface area (Å²) in [5, 5.41) is 10.1. The van der Waals surface area contributed by atoms with Crippen LogP contribution in [0.5, 0.6) is 0 Å². The second-order valence-corrected chi connectivity index (χ2v) is 5.28. The summed E-state index contributed by atoms with van der Waals surface area (Å²) in [6.07, 6.45) is 0.808. The first-order valence-electron chi connectivity index (χ1n) is 6.35. The van der Waals surface area contributed by atoms with Crippen molar-refractivity contribution in [1.29, 1.82) is 0 Å². The minimum Gasteiger partial charge on any atom is -0.391 e. The first-order valence-corrected chi connectivity index (χ1v) is 6.35. The van der Waals surface area contributed by atoms with Crippen LogP contribution in [0.4, 0.5) is 0 Å². The number of ether oxygens (including phenoxy) is 1. The standard InChI is InChI=1S/C12H24N2O2/c1-10-7-14(5-4-13(10)2)8-12(15)11-3-6-16-9-11/h10-12,15H,3-9H2,1-2H3. The van der Waals surface area contributed by atoms with E-state index in [2.05, 4.69) is 23.8 Å². The van der Waals surface area contributed by atoms with E-state index >= 15 is 0 Å². The highest BCUT2D eigenvalue weighted by atomic mass is 16.5. The van der Waals surface area contributed by atoms with E-state index in [1.54, 1.807) is 0 Å². The van der Waals surface area contributed by atoms with Crippen molar-refractivity contribution >= 4 is 0 Å². The van der Waals surface area contributed by atoms with E-state index in [1.165, 1.54) is 0 Å². The Hall–Kier alpha value is -0.160. The highest BCUT2D eigenvalue weighted by molar-refractivity contribution is 4.81. The van der Waals surface area contributed by atoms with Crippen LogP contribution in [0.25, 0.3) is 0 Å². The highest BCUT2D eigenvalue weighted by Crippen LogP contribution is 2.18. The second-order valence-electron chi connectivity index (χ2n) is 5.28. The van der Waals surface area contributed by atoms with Crippen LogP contribution in [0.3, 0.4) is 0 Å². The van der Waals surface area contributed by atoms with Gasteiger partial charge in [-0.3, -0.25) is 4.90 Å². The molecule has 0 amide bonds. The topological polar surface area (TPSA) is 35.9 Å². The Labute approximate surface area is 98.2 Å². The van der Waals surface area contributed by atoms with E-state index in [-0.39, 0.29) is 6.10 Å². The van der Waals surface area contributed by atoms with Crippen LogP contribution < -0.4 is 0 Å². The molecule has 0 aliphatic carbocycles. The summed E-state index contributed by atoms with van der Waals surface area (Å²) in [6.45, 7) is 7.87. The first-order chi connectivity index (χ1) is 7.66. The average Bonchev–Trinajstić information content (AvgIpc) is 2.77. The zero-order valence-electron chi connectivity index (χ0n) is 10.4. The third-order valence-corrected chi connectivity index (χ3v) is 4.00. The molecular formula is C12H24N2O2. The molecule has 2 rings (SSSR count). The van der Waals surface area contributed by atoms with Crippen LogP contribution >= 0.6 is 0 Å². The molecule has 2 fully saturated rings. The van der Waals surface area contributed by atoms with Crippen molar-refractivity contribution < 1.29 is 9.84 Å². The van der Waals surface area contributed by atoms with Crippen LogP contribution in [0.15, 0.2) is 0 Å². The Morgan fingerprint density at radius 2 is 2.25 bits per heavy atom. The fourth-order valence-corrected chi connectivity index (χ4v) is 2.56. The van der Waals surface area contributed by atoms with Gasteiger partial charge < -0.3 is 14.7 Å². The van der Waals surface area contributed by atoms with Gasteiger partial charge in [0.1, 0.15) is 0 Å². The van der Waals surface area contributed by atoms with Gasteiger partial charge in [0, 0.05) is 44.7 Å². The van der Waals surface area contributed by atoms with E-state index in [9.17, 15) is 5.11 Å². The van der Waals surface area contributed by atoms with E-state index in [0.717, 1.165) is 45.8 Å². The molecule has 4 heteroatoms. The lowest BCUT2D eigenvalue weighted by Gasteiger charge is -2.39. The number of likely N-dealkylation sites (N-methyl/N-ethyl adjacent to an activating group) is 1. The third kappa shape index (κ3) is 2.94. The molecule has 0 aromatic carbocycles. The highest BCUT2D eigenvalue weighted by Gasteiger charge is 2.28. The summed E-state index contributed by atoms with van der Waals surface area (Å²) in [6, 6.07) is 0.598. The molecule has 0 aromatic heterocycles. The number of β-amino-alcohol motifs (C(OH)–C–C–N with tert-alkyl or cyclic N) is 1. The Balaban J connectivity index is 1.76. The predicted octanol–water partition coefficient (Wildman–Crippen LogP) is 0.0197. The fourth-order valence-electron chi connectivity index (χ4n) is 2.56. The molecular weight excluding hydrogens is 204 g/mol. The van der Waals surface area contributed by atoms with Crippen molar-refractivity contribution in [3.63, 3.8) is 0 Å². The lowest BCUT2D eigenvalue weighted by molar-refractivity contribution is 0.0272. The molecule has 0 aromatic rings. The largest absolute Gasteiger partial charge is 0.391 e. The molecule has 0 radical (unpaired) electrons. The average molecular weight is 228 g/mol. The monoisotopic (exact) mass is 228 g/mol. The minimum absolute atomic E-state index is 0.210. The smallest absolute Gasteiger partial charge is 0.0718 e. The summed E-state index contributed by atoms with van der Waals surface area (Å²) >= 11 is 0. The molecule has 1 N–H and O–H groups in total. The van der Waals surface area contributed by atoms with E-state index in [1.807, 2.05) is 0 Å². The van der Waals surface area contributed by atoms with Crippen molar-refractivity contribution in [2.75, 3.05) is 46.4 Å².